The first-order valence-electron chi connectivity index (χ1n) is 6.09. The van der Waals surface area contributed by atoms with E-state index in [1.54, 1.807) is 11.3 Å². The van der Waals surface area contributed by atoms with Crippen LogP contribution in [0.25, 0.3) is 11.3 Å². The van der Waals surface area contributed by atoms with E-state index in [1.165, 1.54) is 11.1 Å². The van der Waals surface area contributed by atoms with Crippen molar-refractivity contribution in [1.29, 1.82) is 0 Å². The van der Waals surface area contributed by atoms with Crippen molar-refractivity contribution in [3.63, 3.8) is 0 Å². The molecule has 0 saturated heterocycles. The molecule has 0 atom stereocenters. The Morgan fingerprint density at radius 3 is 2.71 bits per heavy atom. The SMILES string of the molecule is CCCc1nc(-c2ccccc2CC)c(N)s1. The Kier molecular flexibility index (Phi) is 3.79. The molecule has 0 saturated carbocycles. The Bertz CT molecular complexity index is 503. The van der Waals surface area contributed by atoms with Crippen LogP contribution in [0.1, 0.15) is 30.8 Å². The summed E-state index contributed by atoms with van der Waals surface area (Å²) in [5, 5.41) is 1.99. The van der Waals surface area contributed by atoms with E-state index in [0.29, 0.717) is 0 Å². The lowest BCUT2D eigenvalue weighted by Crippen LogP contribution is -1.91. The van der Waals surface area contributed by atoms with Gasteiger partial charge in [-0.1, -0.05) is 38.1 Å². The van der Waals surface area contributed by atoms with E-state index in [2.05, 4.69) is 37.0 Å². The van der Waals surface area contributed by atoms with Crippen LogP contribution in [0.4, 0.5) is 5.00 Å². The third-order valence-corrected chi connectivity index (χ3v) is 3.76. The summed E-state index contributed by atoms with van der Waals surface area (Å²) in [5.41, 5.74) is 9.55. The van der Waals surface area contributed by atoms with Crippen molar-refractivity contribution in [2.75, 3.05) is 5.73 Å². The van der Waals surface area contributed by atoms with E-state index < -0.39 is 0 Å². The largest absolute Gasteiger partial charge is 0.389 e. The number of nitrogens with zero attached hydrogens (tertiary/aromatic N) is 1. The van der Waals surface area contributed by atoms with Crippen molar-refractivity contribution in [2.45, 2.75) is 33.1 Å². The van der Waals surface area contributed by atoms with E-state index in [0.717, 1.165) is 35.0 Å². The minimum absolute atomic E-state index is 0.842. The van der Waals surface area contributed by atoms with Crippen LogP contribution in [0.5, 0.6) is 0 Å². The molecule has 1 aromatic carbocycles. The number of thiazole rings is 1. The number of aryl methyl sites for hydroxylation is 2. The van der Waals surface area contributed by atoms with Gasteiger partial charge >= 0.3 is 0 Å². The van der Waals surface area contributed by atoms with Gasteiger partial charge in [0.1, 0.15) is 10.7 Å². The minimum Gasteiger partial charge on any atom is -0.389 e. The molecular formula is C14H18N2S. The summed E-state index contributed by atoms with van der Waals surface area (Å²) >= 11 is 1.62. The fourth-order valence-electron chi connectivity index (χ4n) is 1.95. The molecule has 1 aromatic heterocycles. The second kappa shape index (κ2) is 5.32. The molecule has 0 bridgehead atoms. The maximum Gasteiger partial charge on any atom is 0.114 e. The first-order valence-corrected chi connectivity index (χ1v) is 6.91. The lowest BCUT2D eigenvalue weighted by Gasteiger charge is -2.05. The highest BCUT2D eigenvalue weighted by molar-refractivity contribution is 7.16. The molecule has 2 rings (SSSR count). The van der Waals surface area contributed by atoms with E-state index in [-0.39, 0.29) is 0 Å². The summed E-state index contributed by atoms with van der Waals surface area (Å²) < 4.78 is 0. The molecule has 0 radical (unpaired) electrons. The first kappa shape index (κ1) is 12.1. The fourth-order valence-corrected chi connectivity index (χ4v) is 2.90. The fraction of sp³-hybridized carbons (Fsp3) is 0.357. The summed E-state index contributed by atoms with van der Waals surface area (Å²) in [7, 11) is 0. The highest BCUT2D eigenvalue weighted by Crippen LogP contribution is 2.33. The van der Waals surface area contributed by atoms with Gasteiger partial charge in [-0.2, -0.15) is 0 Å². The van der Waals surface area contributed by atoms with Crippen molar-refractivity contribution < 1.29 is 0 Å². The van der Waals surface area contributed by atoms with Gasteiger partial charge in [-0.05, 0) is 24.8 Å². The Morgan fingerprint density at radius 2 is 2.00 bits per heavy atom. The van der Waals surface area contributed by atoms with Crippen LogP contribution in [-0.4, -0.2) is 4.98 Å². The molecule has 2 aromatic rings. The molecule has 1 heterocycles. The van der Waals surface area contributed by atoms with Gasteiger partial charge in [-0.3, -0.25) is 0 Å². The molecule has 90 valence electrons. The van der Waals surface area contributed by atoms with Crippen LogP contribution in [0.3, 0.4) is 0 Å². The molecule has 0 aliphatic heterocycles. The van der Waals surface area contributed by atoms with Crippen LogP contribution in [0.2, 0.25) is 0 Å². The molecular weight excluding hydrogens is 228 g/mol. The Hall–Kier alpha value is -1.35. The summed E-state index contributed by atoms with van der Waals surface area (Å²) in [4.78, 5) is 4.67. The maximum absolute atomic E-state index is 6.08. The summed E-state index contributed by atoms with van der Waals surface area (Å²) in [5.74, 6) is 0. The highest BCUT2D eigenvalue weighted by Gasteiger charge is 2.12. The standard InChI is InChI=1S/C14H18N2S/c1-3-7-12-16-13(14(15)17-12)11-9-6-5-8-10(11)4-2/h5-6,8-9H,3-4,7,15H2,1-2H3. The van der Waals surface area contributed by atoms with E-state index in [1.807, 2.05) is 6.07 Å². The summed E-state index contributed by atoms with van der Waals surface area (Å²) in [6, 6.07) is 8.37. The molecule has 0 unspecified atom stereocenters. The molecule has 17 heavy (non-hydrogen) atoms. The molecule has 0 spiro atoms. The molecule has 3 heteroatoms. The quantitative estimate of drug-likeness (QED) is 0.888. The third kappa shape index (κ3) is 2.50. The summed E-state index contributed by atoms with van der Waals surface area (Å²) in [6.07, 6.45) is 3.14. The number of nitrogens with two attached hydrogens (primary N) is 1. The van der Waals surface area contributed by atoms with Gasteiger partial charge in [0.05, 0.1) is 5.01 Å². The van der Waals surface area contributed by atoms with Crippen LogP contribution >= 0.6 is 11.3 Å². The normalized spacial score (nSPS) is 10.7. The number of hydrogen-bond donors (Lipinski definition) is 1. The average Bonchev–Trinajstić information content (AvgIpc) is 2.70. The van der Waals surface area contributed by atoms with Crippen molar-refractivity contribution in [3.05, 3.63) is 34.8 Å². The van der Waals surface area contributed by atoms with E-state index >= 15 is 0 Å². The average molecular weight is 246 g/mol. The van der Waals surface area contributed by atoms with Crippen molar-refractivity contribution in [2.24, 2.45) is 0 Å². The zero-order valence-corrected chi connectivity index (χ0v) is 11.2. The number of nitrogen functional groups attached to an aromatic ring is 1. The predicted molar refractivity (Wildman–Crippen MR) is 75.3 cm³/mol. The van der Waals surface area contributed by atoms with Crippen LogP contribution in [-0.2, 0) is 12.8 Å². The Labute approximate surface area is 107 Å². The second-order valence-electron chi connectivity index (χ2n) is 4.08. The van der Waals surface area contributed by atoms with Crippen LogP contribution in [0.15, 0.2) is 24.3 Å². The number of hydrogen-bond acceptors (Lipinski definition) is 3. The number of rotatable bonds is 4. The molecule has 2 N–H and O–H groups in total. The number of aromatic nitrogens is 1. The maximum atomic E-state index is 6.08. The highest BCUT2D eigenvalue weighted by atomic mass is 32.1. The molecule has 2 nitrogen and oxygen atoms in total. The smallest absolute Gasteiger partial charge is 0.114 e. The van der Waals surface area contributed by atoms with E-state index in [9.17, 15) is 0 Å². The third-order valence-electron chi connectivity index (χ3n) is 2.81. The number of benzene rings is 1. The van der Waals surface area contributed by atoms with Crippen LogP contribution < -0.4 is 5.73 Å². The first-order chi connectivity index (χ1) is 8.26. The number of anilines is 1. The lowest BCUT2D eigenvalue weighted by atomic mass is 10.0. The molecule has 0 aliphatic carbocycles. The predicted octanol–water partition coefficient (Wildman–Crippen LogP) is 3.91. The van der Waals surface area contributed by atoms with Gasteiger partial charge < -0.3 is 5.73 Å². The molecule has 0 aliphatic rings. The molecule has 0 amide bonds. The van der Waals surface area contributed by atoms with E-state index in [4.69, 9.17) is 5.73 Å². The van der Waals surface area contributed by atoms with Crippen molar-refractivity contribution in [1.82, 2.24) is 4.98 Å². The van der Waals surface area contributed by atoms with Gasteiger partial charge in [-0.15, -0.1) is 11.3 Å². The van der Waals surface area contributed by atoms with Crippen LogP contribution in [0, 0.1) is 0 Å². The zero-order valence-electron chi connectivity index (χ0n) is 10.4. The van der Waals surface area contributed by atoms with Gasteiger partial charge in [0.2, 0.25) is 0 Å². The minimum atomic E-state index is 0.842. The topological polar surface area (TPSA) is 38.9 Å². The Morgan fingerprint density at radius 1 is 1.24 bits per heavy atom. The molecule has 0 fully saturated rings. The van der Waals surface area contributed by atoms with Gasteiger partial charge in [0, 0.05) is 5.56 Å². The van der Waals surface area contributed by atoms with Crippen molar-refractivity contribution >= 4 is 16.3 Å². The van der Waals surface area contributed by atoms with Gasteiger partial charge in [-0.25, -0.2) is 4.98 Å². The summed E-state index contributed by atoms with van der Waals surface area (Å²) in [6.45, 7) is 4.32. The lowest BCUT2D eigenvalue weighted by molar-refractivity contribution is 0.909. The zero-order chi connectivity index (χ0) is 12.3. The van der Waals surface area contributed by atoms with Gasteiger partial charge in [0.15, 0.2) is 0 Å². The monoisotopic (exact) mass is 246 g/mol. The second-order valence-corrected chi connectivity index (χ2v) is 5.20. The van der Waals surface area contributed by atoms with Gasteiger partial charge in [0.25, 0.3) is 0 Å². The Balaban J connectivity index is 2.45. The van der Waals surface area contributed by atoms with Crippen molar-refractivity contribution in [3.8, 4) is 11.3 Å².